The molecular formula is C10H13N5OS. The summed E-state index contributed by atoms with van der Waals surface area (Å²) in [4.78, 5) is 11.6. The van der Waals surface area contributed by atoms with Crippen LogP contribution >= 0.6 is 11.3 Å². The lowest BCUT2D eigenvalue weighted by molar-refractivity contribution is -0.118. The van der Waals surface area contributed by atoms with E-state index in [0.717, 1.165) is 22.2 Å². The Morgan fingerprint density at radius 2 is 2.35 bits per heavy atom. The molecule has 7 heteroatoms. The second-order valence-corrected chi connectivity index (χ2v) is 5.30. The number of rotatable bonds is 4. The van der Waals surface area contributed by atoms with Gasteiger partial charge in [0, 0.05) is 25.8 Å². The standard InChI is InChI=1S/C10H13N5OS/c1-6(16)11-5-4-8-14-15-9(7-2-3-7)12-13-10(15)17-8/h7H,2-5H2,1H3,(H,11,16). The molecule has 0 bridgehead atoms. The van der Waals surface area contributed by atoms with Gasteiger partial charge in [0.15, 0.2) is 5.82 Å². The van der Waals surface area contributed by atoms with Gasteiger partial charge in [0.25, 0.3) is 0 Å². The van der Waals surface area contributed by atoms with Gasteiger partial charge in [-0.3, -0.25) is 4.79 Å². The highest BCUT2D eigenvalue weighted by Gasteiger charge is 2.29. The first kappa shape index (κ1) is 10.6. The minimum atomic E-state index is -0.00771. The monoisotopic (exact) mass is 251 g/mol. The number of hydrogen-bond donors (Lipinski definition) is 1. The summed E-state index contributed by atoms with van der Waals surface area (Å²) in [6.45, 7) is 2.14. The van der Waals surface area contributed by atoms with Crippen LogP contribution in [0, 0.1) is 0 Å². The number of carbonyl (C=O) groups is 1. The minimum absolute atomic E-state index is 0.00771. The van der Waals surface area contributed by atoms with E-state index in [1.54, 1.807) is 11.3 Å². The summed E-state index contributed by atoms with van der Waals surface area (Å²) >= 11 is 1.54. The number of aromatic nitrogens is 4. The quantitative estimate of drug-likeness (QED) is 0.870. The zero-order valence-electron chi connectivity index (χ0n) is 9.51. The third-order valence-electron chi connectivity index (χ3n) is 2.71. The molecule has 1 N–H and O–H groups in total. The van der Waals surface area contributed by atoms with Crippen molar-refractivity contribution in [2.75, 3.05) is 6.54 Å². The predicted octanol–water partition coefficient (Wildman–Crippen LogP) is 0.742. The Morgan fingerprint density at radius 1 is 1.53 bits per heavy atom. The van der Waals surface area contributed by atoms with Gasteiger partial charge in [0.1, 0.15) is 5.01 Å². The molecular weight excluding hydrogens is 238 g/mol. The van der Waals surface area contributed by atoms with Crippen LogP contribution in [-0.2, 0) is 11.2 Å². The first-order valence-electron chi connectivity index (χ1n) is 5.69. The first-order valence-corrected chi connectivity index (χ1v) is 6.51. The van der Waals surface area contributed by atoms with Crippen molar-refractivity contribution >= 4 is 22.2 Å². The molecule has 1 fully saturated rings. The van der Waals surface area contributed by atoms with Crippen molar-refractivity contribution in [2.24, 2.45) is 0 Å². The van der Waals surface area contributed by atoms with E-state index in [1.165, 1.54) is 19.8 Å². The average molecular weight is 251 g/mol. The lowest BCUT2D eigenvalue weighted by Crippen LogP contribution is -2.22. The van der Waals surface area contributed by atoms with Gasteiger partial charge in [0.05, 0.1) is 0 Å². The fraction of sp³-hybridized carbons (Fsp3) is 0.600. The molecule has 1 aliphatic carbocycles. The maximum Gasteiger partial charge on any atom is 0.234 e. The number of fused-ring (bicyclic) bond motifs is 1. The highest BCUT2D eigenvalue weighted by Crippen LogP contribution is 2.39. The maximum atomic E-state index is 10.8. The highest BCUT2D eigenvalue weighted by atomic mass is 32.1. The molecule has 2 aromatic rings. The largest absolute Gasteiger partial charge is 0.356 e. The Kier molecular flexibility index (Phi) is 2.54. The van der Waals surface area contributed by atoms with E-state index < -0.39 is 0 Å². The molecule has 90 valence electrons. The first-order chi connectivity index (χ1) is 8.24. The molecule has 0 saturated heterocycles. The van der Waals surface area contributed by atoms with Crippen LogP contribution in [0.2, 0.25) is 0 Å². The molecule has 1 saturated carbocycles. The van der Waals surface area contributed by atoms with E-state index in [-0.39, 0.29) is 5.91 Å². The van der Waals surface area contributed by atoms with Gasteiger partial charge in [-0.05, 0) is 12.8 Å². The van der Waals surface area contributed by atoms with Crippen LogP contribution in [0.15, 0.2) is 0 Å². The van der Waals surface area contributed by atoms with Gasteiger partial charge in [-0.25, -0.2) is 0 Å². The SMILES string of the molecule is CC(=O)NCCc1nn2c(C3CC3)nnc2s1. The molecule has 0 spiro atoms. The van der Waals surface area contributed by atoms with Gasteiger partial charge in [-0.15, -0.1) is 10.2 Å². The molecule has 0 radical (unpaired) electrons. The molecule has 6 nitrogen and oxygen atoms in total. The van der Waals surface area contributed by atoms with Crippen LogP contribution in [0.3, 0.4) is 0 Å². The van der Waals surface area contributed by atoms with Gasteiger partial charge in [-0.2, -0.15) is 9.61 Å². The Labute approximate surface area is 102 Å². The van der Waals surface area contributed by atoms with E-state index >= 15 is 0 Å². The lowest BCUT2D eigenvalue weighted by atomic mass is 10.4. The molecule has 2 heterocycles. The van der Waals surface area contributed by atoms with Crippen molar-refractivity contribution in [1.29, 1.82) is 0 Å². The van der Waals surface area contributed by atoms with Crippen LogP contribution < -0.4 is 5.32 Å². The summed E-state index contributed by atoms with van der Waals surface area (Å²) in [5.74, 6) is 1.53. The molecule has 1 amide bonds. The smallest absolute Gasteiger partial charge is 0.234 e. The van der Waals surface area contributed by atoms with Crippen LogP contribution in [0.25, 0.3) is 4.96 Å². The third kappa shape index (κ3) is 2.14. The summed E-state index contributed by atoms with van der Waals surface area (Å²) in [6, 6.07) is 0. The minimum Gasteiger partial charge on any atom is -0.356 e. The molecule has 1 aliphatic rings. The Morgan fingerprint density at radius 3 is 3.06 bits per heavy atom. The van der Waals surface area contributed by atoms with Crippen LogP contribution in [0.4, 0.5) is 0 Å². The summed E-state index contributed by atoms with van der Waals surface area (Å²) in [6.07, 6.45) is 3.14. The zero-order chi connectivity index (χ0) is 11.8. The zero-order valence-corrected chi connectivity index (χ0v) is 10.3. The Balaban J connectivity index is 1.75. The Hall–Kier alpha value is -1.50. The molecule has 2 aromatic heterocycles. The van der Waals surface area contributed by atoms with Crippen molar-refractivity contribution < 1.29 is 4.79 Å². The fourth-order valence-electron chi connectivity index (χ4n) is 1.71. The normalized spacial score (nSPS) is 15.4. The molecule has 0 atom stereocenters. The van der Waals surface area contributed by atoms with Crippen LogP contribution in [0.1, 0.15) is 36.5 Å². The van der Waals surface area contributed by atoms with Crippen molar-refractivity contribution in [3.8, 4) is 0 Å². The highest BCUT2D eigenvalue weighted by molar-refractivity contribution is 7.16. The number of carbonyl (C=O) groups excluding carboxylic acids is 1. The summed E-state index contributed by atoms with van der Waals surface area (Å²) in [5, 5.41) is 16.5. The topological polar surface area (TPSA) is 72.2 Å². The molecule has 3 rings (SSSR count). The summed E-state index contributed by atoms with van der Waals surface area (Å²) < 4.78 is 1.85. The number of hydrogen-bond acceptors (Lipinski definition) is 5. The van der Waals surface area contributed by atoms with E-state index in [2.05, 4.69) is 20.6 Å². The van der Waals surface area contributed by atoms with Crippen molar-refractivity contribution in [1.82, 2.24) is 25.1 Å². The molecule has 0 unspecified atom stereocenters. The fourth-order valence-corrected chi connectivity index (χ4v) is 2.55. The number of amides is 1. The summed E-state index contributed by atoms with van der Waals surface area (Å²) in [7, 11) is 0. The van der Waals surface area contributed by atoms with E-state index in [0.29, 0.717) is 12.5 Å². The average Bonchev–Trinajstić information content (AvgIpc) is 2.90. The van der Waals surface area contributed by atoms with E-state index in [1.807, 2.05) is 4.52 Å². The second-order valence-electron chi connectivity index (χ2n) is 4.26. The predicted molar refractivity (Wildman–Crippen MR) is 63.0 cm³/mol. The molecule has 0 aromatic carbocycles. The third-order valence-corrected chi connectivity index (χ3v) is 3.67. The number of nitrogens with zero attached hydrogens (tertiary/aromatic N) is 4. The molecule has 17 heavy (non-hydrogen) atoms. The lowest BCUT2D eigenvalue weighted by Gasteiger charge is -1.97. The van der Waals surface area contributed by atoms with Crippen molar-refractivity contribution in [3.63, 3.8) is 0 Å². The number of nitrogens with one attached hydrogen (secondary N) is 1. The van der Waals surface area contributed by atoms with Crippen molar-refractivity contribution in [3.05, 3.63) is 10.8 Å². The van der Waals surface area contributed by atoms with Crippen LogP contribution in [0.5, 0.6) is 0 Å². The van der Waals surface area contributed by atoms with Gasteiger partial charge in [-0.1, -0.05) is 11.3 Å². The Bertz CT molecular complexity index is 556. The summed E-state index contributed by atoms with van der Waals surface area (Å²) in [5.41, 5.74) is 0. The van der Waals surface area contributed by atoms with Gasteiger partial charge < -0.3 is 5.32 Å². The molecule has 0 aliphatic heterocycles. The maximum absolute atomic E-state index is 10.8. The van der Waals surface area contributed by atoms with Crippen molar-refractivity contribution in [2.45, 2.75) is 32.1 Å². The van der Waals surface area contributed by atoms with E-state index in [4.69, 9.17) is 0 Å². The van der Waals surface area contributed by atoms with Crippen LogP contribution in [-0.4, -0.2) is 32.3 Å². The van der Waals surface area contributed by atoms with E-state index in [9.17, 15) is 4.79 Å². The van der Waals surface area contributed by atoms with Gasteiger partial charge >= 0.3 is 0 Å². The second kappa shape index (κ2) is 4.06. The van der Waals surface area contributed by atoms with Gasteiger partial charge in [0.2, 0.25) is 10.9 Å².